The van der Waals surface area contributed by atoms with E-state index in [1.807, 2.05) is 37.3 Å². The molecule has 0 aliphatic rings. The van der Waals surface area contributed by atoms with E-state index in [4.69, 9.17) is 11.6 Å². The topological polar surface area (TPSA) is 62.8 Å². The molecule has 0 bridgehead atoms. The molecule has 0 amide bonds. The summed E-state index contributed by atoms with van der Waals surface area (Å²) in [6, 6.07) is 16.5. The molecule has 29 heavy (non-hydrogen) atoms. The molecule has 0 radical (unpaired) electrons. The molecule has 0 aliphatic heterocycles. The molecule has 0 aliphatic carbocycles. The molecule has 4 aromatic rings. The maximum atomic E-state index is 13.1. The number of rotatable bonds is 4. The minimum Gasteiger partial charge on any atom is -0.321 e. The zero-order valence-electron chi connectivity index (χ0n) is 15.6. The molecule has 0 atom stereocenters. The van der Waals surface area contributed by atoms with E-state index in [1.165, 1.54) is 6.08 Å². The van der Waals surface area contributed by atoms with Crippen LogP contribution in [0, 0.1) is 6.92 Å². The lowest BCUT2D eigenvalue weighted by atomic mass is 9.94. The normalized spacial score (nSPS) is 11.2. The van der Waals surface area contributed by atoms with Gasteiger partial charge in [0.15, 0.2) is 5.78 Å². The van der Waals surface area contributed by atoms with E-state index in [0.717, 1.165) is 11.1 Å². The maximum absolute atomic E-state index is 13.1. The summed E-state index contributed by atoms with van der Waals surface area (Å²) in [5.41, 5.74) is 3.40. The number of nitrogens with zero attached hydrogens (tertiary/aromatic N) is 1. The van der Waals surface area contributed by atoms with Crippen LogP contribution in [0.25, 0.3) is 28.1 Å². The van der Waals surface area contributed by atoms with Gasteiger partial charge in [-0.2, -0.15) is 0 Å². The van der Waals surface area contributed by atoms with Crippen LogP contribution in [0.4, 0.5) is 0 Å². The zero-order valence-corrected chi connectivity index (χ0v) is 16.4. The van der Waals surface area contributed by atoms with Crippen LogP contribution in [0.15, 0.2) is 77.9 Å². The molecular formula is C24H17ClN2O2. The summed E-state index contributed by atoms with van der Waals surface area (Å²) in [7, 11) is 0. The molecule has 4 rings (SSSR count). The van der Waals surface area contributed by atoms with Crippen molar-refractivity contribution in [1.29, 1.82) is 0 Å². The number of aryl methyl sites for hydroxylation is 1. The van der Waals surface area contributed by atoms with Crippen molar-refractivity contribution in [2.24, 2.45) is 0 Å². The van der Waals surface area contributed by atoms with Crippen molar-refractivity contribution in [1.82, 2.24) is 9.97 Å². The van der Waals surface area contributed by atoms with Crippen LogP contribution in [-0.4, -0.2) is 15.8 Å². The summed E-state index contributed by atoms with van der Waals surface area (Å²) in [5, 5.41) is 1.21. The third kappa shape index (κ3) is 3.75. The van der Waals surface area contributed by atoms with Crippen LogP contribution in [-0.2, 0) is 0 Å². The second kappa shape index (κ2) is 7.86. The number of nitrogens with one attached hydrogen (secondary N) is 1. The molecule has 2 aromatic carbocycles. The van der Waals surface area contributed by atoms with Crippen molar-refractivity contribution in [3.63, 3.8) is 0 Å². The lowest BCUT2D eigenvalue weighted by molar-refractivity contribution is 0.104. The highest BCUT2D eigenvalue weighted by atomic mass is 35.5. The molecule has 0 saturated carbocycles. The maximum Gasteiger partial charge on any atom is 0.260 e. The van der Waals surface area contributed by atoms with E-state index >= 15 is 0 Å². The third-order valence-electron chi connectivity index (χ3n) is 4.78. The van der Waals surface area contributed by atoms with Gasteiger partial charge in [0, 0.05) is 39.4 Å². The Bertz CT molecular complexity index is 1310. The number of carbonyl (C=O) groups is 1. The van der Waals surface area contributed by atoms with Crippen molar-refractivity contribution in [3.8, 4) is 11.1 Å². The Morgan fingerprint density at radius 1 is 1.10 bits per heavy atom. The number of hydrogen-bond donors (Lipinski definition) is 1. The molecule has 0 spiro atoms. The minimum absolute atomic E-state index is 0.0672. The number of fused-ring (bicyclic) bond motifs is 1. The molecular weight excluding hydrogens is 384 g/mol. The van der Waals surface area contributed by atoms with Gasteiger partial charge in [-0.25, -0.2) is 0 Å². The average molecular weight is 401 g/mol. The number of aromatic nitrogens is 2. The quantitative estimate of drug-likeness (QED) is 0.366. The largest absolute Gasteiger partial charge is 0.321 e. The van der Waals surface area contributed by atoms with Crippen molar-refractivity contribution >= 4 is 34.4 Å². The predicted octanol–water partition coefficient (Wildman–Crippen LogP) is 5.45. The van der Waals surface area contributed by atoms with E-state index in [1.54, 1.807) is 42.7 Å². The van der Waals surface area contributed by atoms with Crippen LogP contribution in [0.2, 0.25) is 5.02 Å². The lowest BCUT2D eigenvalue weighted by Gasteiger charge is -2.11. The fourth-order valence-corrected chi connectivity index (χ4v) is 3.51. The number of benzene rings is 2. The third-order valence-corrected chi connectivity index (χ3v) is 5.01. The Hall–Kier alpha value is -3.50. The molecule has 142 valence electrons. The molecule has 4 nitrogen and oxygen atoms in total. The highest BCUT2D eigenvalue weighted by Gasteiger charge is 2.19. The molecule has 5 heteroatoms. The average Bonchev–Trinajstić information content (AvgIpc) is 2.73. The summed E-state index contributed by atoms with van der Waals surface area (Å²) in [6.45, 7) is 1.97. The first-order valence-electron chi connectivity index (χ1n) is 9.08. The number of allylic oxidation sites excluding steroid dienone is 1. The van der Waals surface area contributed by atoms with Gasteiger partial charge in [-0.15, -0.1) is 0 Å². The van der Waals surface area contributed by atoms with Gasteiger partial charge in [0.25, 0.3) is 5.56 Å². The molecule has 0 fully saturated rings. The molecule has 0 unspecified atom stereocenters. The van der Waals surface area contributed by atoms with Crippen molar-refractivity contribution < 1.29 is 4.79 Å². The van der Waals surface area contributed by atoms with E-state index in [-0.39, 0.29) is 11.3 Å². The Morgan fingerprint density at radius 3 is 2.69 bits per heavy atom. The van der Waals surface area contributed by atoms with Crippen LogP contribution in [0.1, 0.15) is 21.5 Å². The van der Waals surface area contributed by atoms with Crippen LogP contribution >= 0.6 is 11.6 Å². The molecule has 1 N–H and O–H groups in total. The van der Waals surface area contributed by atoms with Gasteiger partial charge in [-0.1, -0.05) is 48.0 Å². The van der Waals surface area contributed by atoms with Crippen LogP contribution < -0.4 is 5.56 Å². The second-order valence-corrected chi connectivity index (χ2v) is 7.13. The van der Waals surface area contributed by atoms with Crippen molar-refractivity contribution in [2.75, 3.05) is 0 Å². The summed E-state index contributed by atoms with van der Waals surface area (Å²) >= 11 is 6.20. The van der Waals surface area contributed by atoms with Crippen LogP contribution in [0.5, 0.6) is 0 Å². The van der Waals surface area contributed by atoms with E-state index in [2.05, 4.69) is 9.97 Å². The summed E-state index contributed by atoms with van der Waals surface area (Å²) in [4.78, 5) is 32.9. The number of carbonyl (C=O) groups excluding carboxylic acids is 1. The van der Waals surface area contributed by atoms with E-state index < -0.39 is 5.56 Å². The van der Waals surface area contributed by atoms with Gasteiger partial charge in [-0.05, 0) is 48.4 Å². The Kier molecular flexibility index (Phi) is 5.10. The summed E-state index contributed by atoms with van der Waals surface area (Å²) in [6.07, 6.45) is 6.44. The standard InChI is InChI=1S/C24H17ClN2O2/c1-15-5-2-3-6-16(15)8-11-21(28)23-22(17-7-4-12-26-14-17)19-13-18(25)9-10-20(19)27-24(23)29/h2-14H,1H3,(H,27,29). The van der Waals surface area contributed by atoms with Crippen LogP contribution in [0.3, 0.4) is 0 Å². The fourth-order valence-electron chi connectivity index (χ4n) is 3.33. The summed E-state index contributed by atoms with van der Waals surface area (Å²) in [5.74, 6) is -0.379. The lowest BCUT2D eigenvalue weighted by Crippen LogP contribution is -2.18. The van der Waals surface area contributed by atoms with Gasteiger partial charge >= 0.3 is 0 Å². The van der Waals surface area contributed by atoms with Gasteiger partial charge < -0.3 is 4.98 Å². The highest BCUT2D eigenvalue weighted by Crippen LogP contribution is 2.31. The number of hydrogen-bond acceptors (Lipinski definition) is 3. The highest BCUT2D eigenvalue weighted by molar-refractivity contribution is 6.31. The van der Waals surface area contributed by atoms with E-state index in [0.29, 0.717) is 27.1 Å². The van der Waals surface area contributed by atoms with Gasteiger partial charge in [0.05, 0.1) is 5.56 Å². The monoisotopic (exact) mass is 400 g/mol. The second-order valence-electron chi connectivity index (χ2n) is 6.69. The van der Waals surface area contributed by atoms with Gasteiger partial charge in [-0.3, -0.25) is 14.6 Å². The first kappa shape index (κ1) is 18.8. The van der Waals surface area contributed by atoms with Gasteiger partial charge in [0.1, 0.15) is 0 Å². The number of pyridine rings is 2. The van der Waals surface area contributed by atoms with Crippen molar-refractivity contribution in [3.05, 3.63) is 105 Å². The summed E-state index contributed by atoms with van der Waals surface area (Å²) < 4.78 is 0. The van der Waals surface area contributed by atoms with E-state index in [9.17, 15) is 9.59 Å². The number of ketones is 1. The fraction of sp³-hybridized carbons (Fsp3) is 0.0417. The van der Waals surface area contributed by atoms with Crippen molar-refractivity contribution in [2.45, 2.75) is 6.92 Å². The number of H-pyrrole nitrogens is 1. The molecule has 0 saturated heterocycles. The first-order valence-corrected chi connectivity index (χ1v) is 9.46. The number of aromatic amines is 1. The molecule has 2 heterocycles. The minimum atomic E-state index is -0.446. The Balaban J connectivity index is 1.94. The first-order chi connectivity index (χ1) is 14.0. The zero-order chi connectivity index (χ0) is 20.4. The Morgan fingerprint density at radius 2 is 1.93 bits per heavy atom. The predicted molar refractivity (Wildman–Crippen MR) is 117 cm³/mol. The number of halogens is 1. The Labute approximate surface area is 172 Å². The smallest absolute Gasteiger partial charge is 0.260 e. The van der Waals surface area contributed by atoms with Gasteiger partial charge in [0.2, 0.25) is 0 Å². The molecule has 2 aromatic heterocycles. The SMILES string of the molecule is Cc1ccccc1C=CC(=O)c1c(-c2cccnc2)c2cc(Cl)ccc2[nH]c1=O.